The second-order valence-corrected chi connectivity index (χ2v) is 7.37. The van der Waals surface area contributed by atoms with E-state index in [1.54, 1.807) is 15.9 Å². The molecule has 0 saturated carbocycles. The van der Waals surface area contributed by atoms with Gasteiger partial charge in [-0.3, -0.25) is 4.57 Å². The Morgan fingerprint density at radius 2 is 1.81 bits per heavy atom. The van der Waals surface area contributed by atoms with Crippen LogP contribution in [0.3, 0.4) is 0 Å². The predicted molar refractivity (Wildman–Crippen MR) is 107 cm³/mol. The van der Waals surface area contributed by atoms with Gasteiger partial charge in [-0.2, -0.15) is 0 Å². The van der Waals surface area contributed by atoms with Crippen molar-refractivity contribution >= 4 is 22.4 Å². The molecule has 0 aliphatic carbocycles. The number of thiazole rings is 1. The van der Waals surface area contributed by atoms with Crippen molar-refractivity contribution in [2.75, 3.05) is 0 Å². The summed E-state index contributed by atoms with van der Waals surface area (Å²) in [4.78, 5) is 16.2. The zero-order valence-electron chi connectivity index (χ0n) is 15.4. The van der Waals surface area contributed by atoms with Gasteiger partial charge in [0.2, 0.25) is 0 Å². The molecule has 2 aromatic carbocycles. The molecule has 0 radical (unpaired) electrons. The number of fused-ring (bicyclic) bond motifs is 1. The van der Waals surface area contributed by atoms with Crippen molar-refractivity contribution in [1.82, 2.24) is 9.55 Å². The van der Waals surface area contributed by atoms with Crippen LogP contribution in [0.25, 0.3) is 11.1 Å². The van der Waals surface area contributed by atoms with Crippen LogP contribution in [0.15, 0.2) is 63.1 Å². The van der Waals surface area contributed by atoms with Gasteiger partial charge in [-0.15, -0.1) is 11.3 Å². The van der Waals surface area contributed by atoms with Gasteiger partial charge in [0.25, 0.3) is 0 Å². The highest BCUT2D eigenvalue weighted by molar-refractivity contribution is 7.09. The summed E-state index contributed by atoms with van der Waals surface area (Å²) in [7, 11) is 0. The van der Waals surface area contributed by atoms with E-state index in [1.807, 2.05) is 76.2 Å². The number of nitrogens with zero attached hydrogens (tertiary/aromatic N) is 2. The van der Waals surface area contributed by atoms with Crippen molar-refractivity contribution in [1.29, 1.82) is 0 Å². The fraction of sp³-hybridized carbons (Fsp3) is 0.238. The number of aromatic nitrogens is 2. The van der Waals surface area contributed by atoms with Crippen LogP contribution in [0.2, 0.25) is 0 Å². The molecular weight excluding hydrogens is 344 g/mol. The zero-order chi connectivity index (χ0) is 18.7. The van der Waals surface area contributed by atoms with Crippen molar-refractivity contribution < 1.29 is 4.42 Å². The van der Waals surface area contributed by atoms with Crippen molar-refractivity contribution in [3.8, 4) is 0 Å². The highest BCUT2D eigenvalue weighted by atomic mass is 32.1. The van der Waals surface area contributed by atoms with E-state index < -0.39 is 0 Å². The molecule has 0 N–H and O–H groups in total. The molecule has 0 aliphatic heterocycles. The van der Waals surface area contributed by atoms with Gasteiger partial charge >= 0.3 is 5.76 Å². The Kier molecular flexibility index (Phi) is 5.38. The van der Waals surface area contributed by atoms with E-state index in [1.165, 1.54) is 0 Å². The van der Waals surface area contributed by atoms with E-state index in [4.69, 9.17) is 4.42 Å². The average molecular weight is 366 g/mol. The van der Waals surface area contributed by atoms with Gasteiger partial charge in [0.05, 0.1) is 16.6 Å². The summed E-state index contributed by atoms with van der Waals surface area (Å²) in [6.45, 7) is 8.00. The number of rotatable bonds is 2. The summed E-state index contributed by atoms with van der Waals surface area (Å²) in [5, 5.41) is 3.20. The molecule has 0 spiro atoms. The van der Waals surface area contributed by atoms with Crippen LogP contribution in [0.5, 0.6) is 0 Å². The zero-order valence-corrected chi connectivity index (χ0v) is 16.2. The van der Waals surface area contributed by atoms with E-state index in [9.17, 15) is 4.79 Å². The van der Waals surface area contributed by atoms with Crippen molar-refractivity contribution in [3.05, 3.63) is 86.3 Å². The van der Waals surface area contributed by atoms with Gasteiger partial charge in [-0.05, 0) is 51.0 Å². The second-order valence-electron chi connectivity index (χ2n) is 6.30. The van der Waals surface area contributed by atoms with E-state index >= 15 is 0 Å². The molecule has 4 rings (SSSR count). The minimum atomic E-state index is -0.308. The lowest BCUT2D eigenvalue weighted by Gasteiger charge is -2.12. The van der Waals surface area contributed by atoms with Gasteiger partial charge in [0, 0.05) is 11.1 Å². The number of aryl methyl sites for hydroxylation is 3. The number of hydrogen-bond acceptors (Lipinski definition) is 4. The molecule has 4 nitrogen and oxygen atoms in total. The van der Waals surface area contributed by atoms with Gasteiger partial charge in [0.15, 0.2) is 5.58 Å². The standard InChI is InChI=1S/C16H15NO2.C5H7NS/c1-11-8-9-14-15(10-11)19-16(18)17(14)12(2)13-6-4-3-5-7-13;1-4-3-7-5(2)6-4/h3-10,12H,1-2H3;3H,1-2H3. The van der Waals surface area contributed by atoms with Crippen LogP contribution in [-0.4, -0.2) is 9.55 Å². The minimum absolute atomic E-state index is 0.0438. The van der Waals surface area contributed by atoms with Crippen LogP contribution < -0.4 is 5.76 Å². The molecule has 0 bridgehead atoms. The fourth-order valence-electron chi connectivity index (χ4n) is 2.86. The lowest BCUT2D eigenvalue weighted by molar-refractivity contribution is 0.490. The molecule has 2 heterocycles. The van der Waals surface area contributed by atoms with E-state index in [2.05, 4.69) is 10.4 Å². The Balaban J connectivity index is 0.000000236. The number of hydrogen-bond donors (Lipinski definition) is 0. The molecule has 0 fully saturated rings. The molecule has 2 aromatic heterocycles. The van der Waals surface area contributed by atoms with Crippen molar-refractivity contribution in [3.63, 3.8) is 0 Å². The number of oxazole rings is 1. The largest absolute Gasteiger partial charge is 0.420 e. The first-order valence-corrected chi connectivity index (χ1v) is 9.39. The third-order valence-corrected chi connectivity index (χ3v) is 5.06. The molecule has 5 heteroatoms. The Hall–Kier alpha value is -2.66. The van der Waals surface area contributed by atoms with E-state index in [-0.39, 0.29) is 11.8 Å². The predicted octanol–water partition coefficient (Wildman–Crippen LogP) is 5.27. The topological polar surface area (TPSA) is 48.0 Å². The summed E-state index contributed by atoms with van der Waals surface area (Å²) in [5.74, 6) is -0.308. The molecular formula is C21H22N2O2S. The number of benzene rings is 2. The third-order valence-electron chi connectivity index (χ3n) is 4.17. The summed E-state index contributed by atoms with van der Waals surface area (Å²) < 4.78 is 7.03. The lowest BCUT2D eigenvalue weighted by atomic mass is 10.1. The Labute approximate surface area is 156 Å². The lowest BCUT2D eigenvalue weighted by Crippen LogP contribution is -2.19. The van der Waals surface area contributed by atoms with Gasteiger partial charge < -0.3 is 4.42 Å². The molecule has 26 heavy (non-hydrogen) atoms. The molecule has 1 atom stereocenters. The SMILES string of the molecule is Cc1ccc2c(c1)oc(=O)n2C(C)c1ccccc1.Cc1csc(C)n1. The van der Waals surface area contributed by atoms with Gasteiger partial charge in [0.1, 0.15) is 0 Å². The maximum Gasteiger partial charge on any atom is 0.420 e. The average Bonchev–Trinajstić information content (AvgIpc) is 3.16. The van der Waals surface area contributed by atoms with Gasteiger partial charge in [-0.25, -0.2) is 9.78 Å². The summed E-state index contributed by atoms with van der Waals surface area (Å²) in [6, 6.07) is 15.7. The second kappa shape index (κ2) is 7.70. The molecule has 0 aliphatic rings. The third kappa shape index (κ3) is 3.94. The van der Waals surface area contributed by atoms with E-state index in [0.29, 0.717) is 5.58 Å². The Bertz CT molecular complexity index is 1040. The van der Waals surface area contributed by atoms with Gasteiger partial charge in [-0.1, -0.05) is 36.4 Å². The first-order valence-electron chi connectivity index (χ1n) is 8.51. The van der Waals surface area contributed by atoms with Crippen LogP contribution >= 0.6 is 11.3 Å². The normalized spacial score (nSPS) is 11.8. The van der Waals surface area contributed by atoms with Crippen LogP contribution in [0.4, 0.5) is 0 Å². The Morgan fingerprint density at radius 3 is 2.38 bits per heavy atom. The fourth-order valence-corrected chi connectivity index (χ4v) is 3.45. The Morgan fingerprint density at radius 1 is 1.08 bits per heavy atom. The monoisotopic (exact) mass is 366 g/mol. The summed E-state index contributed by atoms with van der Waals surface area (Å²) >= 11 is 1.69. The smallest absolute Gasteiger partial charge is 0.408 e. The maximum atomic E-state index is 12.1. The van der Waals surface area contributed by atoms with Crippen LogP contribution in [0.1, 0.15) is 34.8 Å². The van der Waals surface area contributed by atoms with Crippen molar-refractivity contribution in [2.24, 2.45) is 0 Å². The molecule has 1 unspecified atom stereocenters. The highest BCUT2D eigenvalue weighted by Gasteiger charge is 2.16. The summed E-state index contributed by atoms with van der Waals surface area (Å²) in [6.07, 6.45) is 0. The van der Waals surface area contributed by atoms with E-state index in [0.717, 1.165) is 27.3 Å². The summed E-state index contributed by atoms with van der Waals surface area (Å²) in [5.41, 5.74) is 4.79. The molecule has 4 aromatic rings. The molecule has 134 valence electrons. The molecule has 0 saturated heterocycles. The van der Waals surface area contributed by atoms with Crippen LogP contribution in [0, 0.1) is 20.8 Å². The first-order chi connectivity index (χ1) is 12.5. The highest BCUT2D eigenvalue weighted by Crippen LogP contribution is 2.22. The molecule has 0 amide bonds. The van der Waals surface area contributed by atoms with Crippen LogP contribution in [-0.2, 0) is 0 Å². The minimum Gasteiger partial charge on any atom is -0.408 e. The quantitative estimate of drug-likeness (QED) is 0.485. The van der Waals surface area contributed by atoms with Crippen molar-refractivity contribution in [2.45, 2.75) is 33.7 Å². The first kappa shape index (κ1) is 18.1. The maximum absolute atomic E-state index is 12.1.